The number of nitrogens with one attached hydrogen (secondary N) is 1. The molecule has 0 aliphatic carbocycles. The van der Waals surface area contributed by atoms with E-state index >= 15 is 0 Å². The van der Waals surface area contributed by atoms with Gasteiger partial charge in [-0.1, -0.05) is 72.0 Å². The fraction of sp³-hybridized carbons (Fsp3) is 0.143. The molecule has 8 heteroatoms. The molecule has 5 rings (SSSR count). The molecule has 0 radical (unpaired) electrons. The highest BCUT2D eigenvalue weighted by Gasteiger charge is 2.15. The molecule has 0 fully saturated rings. The molecule has 5 aromatic rings. The van der Waals surface area contributed by atoms with Gasteiger partial charge in [-0.25, -0.2) is 0 Å². The molecule has 0 atom stereocenters. The summed E-state index contributed by atoms with van der Waals surface area (Å²) >= 11 is 3.36. The van der Waals surface area contributed by atoms with Crippen LogP contribution in [0.2, 0.25) is 0 Å². The molecule has 0 aliphatic heterocycles. The Morgan fingerprint density at radius 3 is 2.59 bits per heavy atom. The van der Waals surface area contributed by atoms with Gasteiger partial charge in [0.25, 0.3) is 0 Å². The molecular weight excluding hydrogens is 400 g/mol. The molecule has 1 N–H and O–H groups in total. The van der Waals surface area contributed by atoms with Crippen molar-refractivity contribution >= 4 is 28.1 Å². The van der Waals surface area contributed by atoms with E-state index in [-0.39, 0.29) is 0 Å². The lowest BCUT2D eigenvalue weighted by Gasteiger charge is -2.00. The van der Waals surface area contributed by atoms with E-state index in [1.54, 1.807) is 0 Å². The Morgan fingerprint density at radius 2 is 1.76 bits per heavy atom. The minimum absolute atomic E-state index is 0.787. The number of nitrogens with zero attached hydrogens (tertiary/aromatic N) is 5. The second-order valence-electron chi connectivity index (χ2n) is 6.54. The minimum Gasteiger partial charge on any atom is -0.275 e. The van der Waals surface area contributed by atoms with Gasteiger partial charge in [0.1, 0.15) is 0 Å². The molecule has 6 nitrogen and oxygen atoms in total. The second kappa shape index (κ2) is 8.18. The number of H-pyrrole nitrogens is 1. The highest BCUT2D eigenvalue weighted by Crippen LogP contribution is 2.28. The molecule has 0 saturated heterocycles. The fourth-order valence-electron chi connectivity index (χ4n) is 3.04. The normalized spacial score (nSPS) is 11.3. The van der Waals surface area contributed by atoms with Crippen molar-refractivity contribution in [1.82, 2.24) is 30.0 Å². The Kier molecular flexibility index (Phi) is 5.10. The van der Waals surface area contributed by atoms with Gasteiger partial charge in [-0.3, -0.25) is 5.10 Å². The molecule has 2 aromatic carbocycles. The van der Waals surface area contributed by atoms with E-state index in [1.807, 2.05) is 58.7 Å². The Labute approximate surface area is 176 Å². The third-order valence-electron chi connectivity index (χ3n) is 4.54. The van der Waals surface area contributed by atoms with Crippen molar-refractivity contribution in [2.45, 2.75) is 12.2 Å². The van der Waals surface area contributed by atoms with E-state index in [1.165, 1.54) is 16.9 Å². The van der Waals surface area contributed by atoms with Crippen LogP contribution >= 0.6 is 23.1 Å². The van der Waals surface area contributed by atoms with Crippen molar-refractivity contribution in [2.75, 3.05) is 5.75 Å². The summed E-state index contributed by atoms with van der Waals surface area (Å²) in [6.07, 6.45) is 1.05. The first kappa shape index (κ1) is 18.1. The zero-order chi connectivity index (χ0) is 19.5. The smallest absolute Gasteiger partial charge is 0.235 e. The minimum atomic E-state index is 0.787. The van der Waals surface area contributed by atoms with Gasteiger partial charge < -0.3 is 0 Å². The van der Waals surface area contributed by atoms with E-state index in [4.69, 9.17) is 5.10 Å². The van der Waals surface area contributed by atoms with Crippen LogP contribution in [0.3, 0.4) is 0 Å². The lowest BCUT2D eigenvalue weighted by atomic mass is 10.1. The van der Waals surface area contributed by atoms with Crippen LogP contribution in [0.1, 0.15) is 11.4 Å². The molecule has 0 spiro atoms. The summed E-state index contributed by atoms with van der Waals surface area (Å²) < 4.78 is 1.85. The van der Waals surface area contributed by atoms with Crippen LogP contribution in [0.5, 0.6) is 0 Å². The third-order valence-corrected chi connectivity index (χ3v) is 6.43. The first-order valence-corrected chi connectivity index (χ1v) is 11.3. The summed E-state index contributed by atoms with van der Waals surface area (Å²) in [6.45, 7) is 0. The first-order valence-electron chi connectivity index (χ1n) is 9.31. The maximum absolute atomic E-state index is 4.71. The van der Waals surface area contributed by atoms with Crippen molar-refractivity contribution in [2.24, 2.45) is 0 Å². The number of aromatic amines is 1. The third kappa shape index (κ3) is 3.94. The highest BCUT2D eigenvalue weighted by atomic mass is 32.2. The number of aromatic nitrogens is 6. The summed E-state index contributed by atoms with van der Waals surface area (Å²) in [5.74, 6) is 2.70. The molecule has 0 unspecified atom stereocenters. The number of hydrogen-bond acceptors (Lipinski definition) is 6. The number of rotatable bonds is 7. The van der Waals surface area contributed by atoms with Crippen molar-refractivity contribution < 1.29 is 0 Å². The van der Waals surface area contributed by atoms with Crippen LogP contribution in [0.15, 0.2) is 66.7 Å². The van der Waals surface area contributed by atoms with Crippen LogP contribution < -0.4 is 0 Å². The van der Waals surface area contributed by atoms with Crippen molar-refractivity contribution in [3.05, 3.63) is 78.1 Å². The van der Waals surface area contributed by atoms with E-state index in [9.17, 15) is 0 Å². The lowest BCUT2D eigenvalue weighted by Crippen LogP contribution is -1.96. The Bertz CT molecular complexity index is 1210. The molecular formula is C21H18N6S2. The maximum atomic E-state index is 4.71. The molecule has 0 amide bonds. The summed E-state index contributed by atoms with van der Waals surface area (Å²) in [7, 11) is 0. The van der Waals surface area contributed by atoms with Gasteiger partial charge in [0.15, 0.2) is 10.8 Å². The molecule has 29 heavy (non-hydrogen) atoms. The van der Waals surface area contributed by atoms with Gasteiger partial charge in [-0.15, -0.1) is 10.2 Å². The Morgan fingerprint density at radius 1 is 0.966 bits per heavy atom. The van der Waals surface area contributed by atoms with Crippen LogP contribution in [-0.2, 0) is 12.2 Å². The van der Waals surface area contributed by atoms with Crippen molar-refractivity contribution in [1.29, 1.82) is 0 Å². The largest absolute Gasteiger partial charge is 0.275 e. The number of fused-ring (bicyclic) bond motifs is 1. The van der Waals surface area contributed by atoms with Gasteiger partial charge in [-0.2, -0.15) is 26.5 Å². The summed E-state index contributed by atoms with van der Waals surface area (Å²) in [5, 5.41) is 21.7. The maximum Gasteiger partial charge on any atom is 0.235 e. The van der Waals surface area contributed by atoms with Crippen LogP contribution in [0.25, 0.3) is 26.9 Å². The monoisotopic (exact) mass is 418 g/mol. The zero-order valence-electron chi connectivity index (χ0n) is 15.5. The molecule has 0 bridgehead atoms. The number of aryl methyl sites for hydroxylation is 1. The first-order chi connectivity index (χ1) is 14.4. The van der Waals surface area contributed by atoms with Gasteiger partial charge in [-0.05, 0) is 23.8 Å². The van der Waals surface area contributed by atoms with Crippen LogP contribution in [0, 0.1) is 0 Å². The van der Waals surface area contributed by atoms with E-state index < -0.39 is 0 Å². The average Bonchev–Trinajstić information content (AvgIpc) is 3.49. The quantitative estimate of drug-likeness (QED) is 0.387. The predicted molar refractivity (Wildman–Crippen MR) is 118 cm³/mol. The summed E-state index contributed by atoms with van der Waals surface area (Å²) in [5.41, 5.74) is 4.23. The van der Waals surface area contributed by atoms with Gasteiger partial charge in [0.05, 0.1) is 17.1 Å². The topological polar surface area (TPSA) is 71.8 Å². The standard InChI is InChI=1S/C21H18N6S2/c1-3-7-15(8-4-1)11-12-28-14-19-24-25-21-27(19)26-20(29-21)18-13-17(22-23-18)16-9-5-2-6-10-16/h1-10,13H,11-12,14H2,(H,22,23). The van der Waals surface area contributed by atoms with E-state index in [0.717, 1.165) is 50.7 Å². The van der Waals surface area contributed by atoms with Crippen LogP contribution in [-0.4, -0.2) is 35.8 Å². The van der Waals surface area contributed by atoms with E-state index in [2.05, 4.69) is 44.7 Å². The Balaban J connectivity index is 1.28. The van der Waals surface area contributed by atoms with Crippen molar-refractivity contribution in [3.63, 3.8) is 0 Å². The summed E-state index contributed by atoms with van der Waals surface area (Å²) in [6, 6.07) is 22.7. The van der Waals surface area contributed by atoms with Crippen molar-refractivity contribution in [3.8, 4) is 22.0 Å². The fourth-order valence-corrected chi connectivity index (χ4v) is 4.75. The van der Waals surface area contributed by atoms with Gasteiger partial charge in [0.2, 0.25) is 4.96 Å². The molecule has 0 aliphatic rings. The van der Waals surface area contributed by atoms with Gasteiger partial charge in [0, 0.05) is 5.56 Å². The SMILES string of the molecule is c1ccc(CCSCc2nnc3sc(-c4cc(-c5ccccc5)n[nH]4)nn23)cc1. The van der Waals surface area contributed by atoms with Crippen LogP contribution in [0.4, 0.5) is 0 Å². The summed E-state index contributed by atoms with van der Waals surface area (Å²) in [4.78, 5) is 0.800. The Hall–Kier alpha value is -2.97. The van der Waals surface area contributed by atoms with E-state index in [0.29, 0.717) is 0 Å². The number of hydrogen-bond donors (Lipinski definition) is 1. The van der Waals surface area contributed by atoms with Gasteiger partial charge >= 0.3 is 0 Å². The molecule has 0 saturated carbocycles. The number of thioether (sulfide) groups is 1. The second-order valence-corrected chi connectivity index (χ2v) is 8.60. The molecule has 3 heterocycles. The molecule has 144 valence electrons. The average molecular weight is 419 g/mol. The zero-order valence-corrected chi connectivity index (χ0v) is 17.2. The predicted octanol–water partition coefficient (Wildman–Crippen LogP) is 4.72. The lowest BCUT2D eigenvalue weighted by molar-refractivity contribution is 0.884. The highest BCUT2D eigenvalue weighted by molar-refractivity contribution is 7.98. The molecule has 3 aromatic heterocycles. The number of benzene rings is 2.